The van der Waals surface area contributed by atoms with Crippen LogP contribution in [0.5, 0.6) is 0 Å². The van der Waals surface area contributed by atoms with Gasteiger partial charge in [0.25, 0.3) is 0 Å². The van der Waals surface area contributed by atoms with Crippen molar-refractivity contribution >= 4 is 46.1 Å². The molecule has 1 aromatic heterocycles. The Morgan fingerprint density at radius 3 is 2.21 bits per heavy atom. The summed E-state index contributed by atoms with van der Waals surface area (Å²) in [5, 5.41) is 0. The third-order valence-electron chi connectivity index (χ3n) is 5.15. The molecule has 0 aliphatic heterocycles. The van der Waals surface area contributed by atoms with Crippen LogP contribution in [-0.4, -0.2) is 20.3 Å². The van der Waals surface area contributed by atoms with Crippen LogP contribution in [0.25, 0.3) is 11.0 Å². The second-order valence-corrected chi connectivity index (χ2v) is 8.87. The van der Waals surface area contributed by atoms with E-state index in [4.69, 9.17) is 0 Å². The first kappa shape index (κ1) is 18.2. The molecule has 0 saturated carbocycles. The van der Waals surface area contributed by atoms with Crippen LogP contribution in [0, 0.1) is 0 Å². The molecule has 29 heavy (non-hydrogen) atoms. The first-order valence-electron chi connectivity index (χ1n) is 9.30. The zero-order valence-corrected chi connectivity index (χ0v) is 17.4. The number of hydrogen-bond donors (Lipinski definition) is 0. The molecule has 1 aliphatic rings. The van der Waals surface area contributed by atoms with Crippen molar-refractivity contribution in [3.05, 3.63) is 82.4 Å². The molecule has 1 heterocycles. The first-order valence-corrected chi connectivity index (χ1v) is 10.9. The van der Waals surface area contributed by atoms with E-state index in [1.165, 1.54) is 5.56 Å². The van der Waals surface area contributed by atoms with E-state index in [0.29, 0.717) is 39.2 Å². The molecular weight excluding hydrogens is 400 g/mol. The van der Waals surface area contributed by atoms with E-state index in [0.717, 1.165) is 21.5 Å². The highest BCUT2D eigenvalue weighted by molar-refractivity contribution is 7.99. The number of ketones is 2. The predicted octanol–water partition coefficient (Wildman–Crippen LogP) is 5.74. The van der Waals surface area contributed by atoms with E-state index in [9.17, 15) is 9.59 Å². The minimum atomic E-state index is -0.160. The average molecular weight is 417 g/mol. The maximum Gasteiger partial charge on any atom is 0.196 e. The van der Waals surface area contributed by atoms with Gasteiger partial charge in [0.2, 0.25) is 0 Å². The maximum absolute atomic E-state index is 13.2. The lowest BCUT2D eigenvalue weighted by molar-refractivity contribution is 0.0980. The number of rotatable bonds is 3. The summed E-state index contributed by atoms with van der Waals surface area (Å²) < 4.78 is 8.85. The summed E-state index contributed by atoms with van der Waals surface area (Å²) in [5.74, 6) is 0.0755. The van der Waals surface area contributed by atoms with E-state index in [-0.39, 0.29) is 11.6 Å². The van der Waals surface area contributed by atoms with Crippen LogP contribution in [0.2, 0.25) is 0 Å². The molecule has 1 aliphatic carbocycles. The standard InChI is InChI=1S/C23H16N2O2S2/c1-12(2)13-7-5-6-10-17(13)28-18-11-16-19(21-20(18)24-29-25-21)23(27)15-9-4-3-8-14(15)22(16)26/h3-12H,1-2H3. The summed E-state index contributed by atoms with van der Waals surface area (Å²) in [6.45, 7) is 4.32. The second kappa shape index (κ2) is 6.90. The zero-order valence-electron chi connectivity index (χ0n) is 15.8. The van der Waals surface area contributed by atoms with Crippen molar-refractivity contribution in [2.75, 3.05) is 0 Å². The molecule has 0 fully saturated rings. The van der Waals surface area contributed by atoms with Crippen LogP contribution in [0.1, 0.15) is 57.2 Å². The summed E-state index contributed by atoms with van der Waals surface area (Å²) in [4.78, 5) is 28.3. The van der Waals surface area contributed by atoms with Gasteiger partial charge in [0.1, 0.15) is 11.0 Å². The highest BCUT2D eigenvalue weighted by Crippen LogP contribution is 2.41. The molecule has 0 bridgehead atoms. The maximum atomic E-state index is 13.2. The quantitative estimate of drug-likeness (QED) is 0.375. The van der Waals surface area contributed by atoms with Crippen LogP contribution in [0.15, 0.2) is 64.4 Å². The normalized spacial score (nSPS) is 13.1. The van der Waals surface area contributed by atoms with Gasteiger partial charge in [-0.2, -0.15) is 8.75 Å². The Balaban J connectivity index is 1.72. The number of benzene rings is 3. The molecule has 3 aromatic carbocycles. The fourth-order valence-electron chi connectivity index (χ4n) is 3.73. The molecule has 0 saturated heterocycles. The number of hydrogen-bond acceptors (Lipinski definition) is 6. The van der Waals surface area contributed by atoms with Crippen LogP contribution in [0.4, 0.5) is 0 Å². The molecule has 6 heteroatoms. The van der Waals surface area contributed by atoms with Crippen molar-refractivity contribution in [1.82, 2.24) is 8.75 Å². The summed E-state index contributed by atoms with van der Waals surface area (Å²) in [6, 6.07) is 17.0. The Bertz CT molecular complexity index is 1310. The van der Waals surface area contributed by atoms with E-state index >= 15 is 0 Å². The fourth-order valence-corrected chi connectivity index (χ4v) is 5.57. The highest BCUT2D eigenvalue weighted by atomic mass is 32.2. The van der Waals surface area contributed by atoms with E-state index in [1.807, 2.05) is 18.2 Å². The molecule has 4 aromatic rings. The van der Waals surface area contributed by atoms with Gasteiger partial charge in [0.05, 0.1) is 17.3 Å². The van der Waals surface area contributed by atoms with Crippen LogP contribution in [0.3, 0.4) is 0 Å². The van der Waals surface area contributed by atoms with E-state index in [1.54, 1.807) is 36.0 Å². The van der Waals surface area contributed by atoms with Crippen molar-refractivity contribution in [2.24, 2.45) is 0 Å². The number of carbonyl (C=O) groups is 2. The molecule has 0 N–H and O–H groups in total. The van der Waals surface area contributed by atoms with E-state index < -0.39 is 0 Å². The third kappa shape index (κ3) is 2.82. The molecule has 0 atom stereocenters. The minimum Gasteiger partial charge on any atom is -0.289 e. The summed E-state index contributed by atoms with van der Waals surface area (Å²) in [6.07, 6.45) is 0. The highest BCUT2D eigenvalue weighted by Gasteiger charge is 2.33. The minimum absolute atomic E-state index is 0.135. The molecule has 0 unspecified atom stereocenters. The SMILES string of the molecule is CC(C)c1ccccc1Sc1cc2c(c3nsnc13)C(=O)c1ccccc1C2=O. The van der Waals surface area contributed by atoms with Crippen molar-refractivity contribution in [1.29, 1.82) is 0 Å². The number of carbonyl (C=O) groups excluding carboxylic acids is 2. The molecular formula is C23H16N2O2S2. The Morgan fingerprint density at radius 1 is 0.793 bits per heavy atom. The summed E-state index contributed by atoms with van der Waals surface area (Å²) >= 11 is 2.64. The van der Waals surface area contributed by atoms with E-state index in [2.05, 4.69) is 34.7 Å². The van der Waals surface area contributed by atoms with Gasteiger partial charge >= 0.3 is 0 Å². The molecule has 142 valence electrons. The van der Waals surface area contributed by atoms with Gasteiger partial charge in [-0.3, -0.25) is 9.59 Å². The lowest BCUT2D eigenvalue weighted by Crippen LogP contribution is -2.21. The molecule has 0 amide bonds. The second-order valence-electron chi connectivity index (χ2n) is 7.26. The first-order chi connectivity index (χ1) is 14.1. The smallest absolute Gasteiger partial charge is 0.196 e. The Hall–Kier alpha value is -2.83. The van der Waals surface area contributed by atoms with Gasteiger partial charge in [-0.25, -0.2) is 0 Å². The van der Waals surface area contributed by atoms with Crippen LogP contribution in [-0.2, 0) is 0 Å². The monoisotopic (exact) mass is 416 g/mol. The fraction of sp³-hybridized carbons (Fsp3) is 0.130. The Labute approximate surface area is 176 Å². The third-order valence-corrected chi connectivity index (χ3v) is 6.80. The predicted molar refractivity (Wildman–Crippen MR) is 115 cm³/mol. The zero-order chi connectivity index (χ0) is 20.1. The number of nitrogens with zero attached hydrogens (tertiary/aromatic N) is 2. The van der Waals surface area contributed by atoms with Gasteiger partial charge in [-0.15, -0.1) is 0 Å². The Morgan fingerprint density at radius 2 is 1.45 bits per heavy atom. The largest absolute Gasteiger partial charge is 0.289 e. The molecule has 0 radical (unpaired) electrons. The molecule has 0 spiro atoms. The van der Waals surface area contributed by atoms with Gasteiger partial charge in [0, 0.05) is 26.5 Å². The molecule has 4 nitrogen and oxygen atoms in total. The average Bonchev–Trinajstić information content (AvgIpc) is 3.22. The van der Waals surface area contributed by atoms with Crippen LogP contribution < -0.4 is 0 Å². The van der Waals surface area contributed by atoms with Gasteiger partial charge in [-0.05, 0) is 23.6 Å². The Kier molecular flexibility index (Phi) is 4.33. The van der Waals surface area contributed by atoms with Crippen molar-refractivity contribution < 1.29 is 9.59 Å². The van der Waals surface area contributed by atoms with Crippen LogP contribution >= 0.6 is 23.5 Å². The van der Waals surface area contributed by atoms with Gasteiger partial charge < -0.3 is 0 Å². The van der Waals surface area contributed by atoms with Crippen molar-refractivity contribution in [3.8, 4) is 0 Å². The lowest BCUT2D eigenvalue weighted by Gasteiger charge is -2.19. The van der Waals surface area contributed by atoms with Crippen molar-refractivity contribution in [3.63, 3.8) is 0 Å². The lowest BCUT2D eigenvalue weighted by atomic mass is 9.83. The molecule has 5 rings (SSSR count). The van der Waals surface area contributed by atoms with Gasteiger partial charge in [0.15, 0.2) is 11.6 Å². The van der Waals surface area contributed by atoms with Gasteiger partial charge in [-0.1, -0.05) is 68.1 Å². The number of aromatic nitrogens is 2. The van der Waals surface area contributed by atoms with Crippen molar-refractivity contribution in [2.45, 2.75) is 29.6 Å². The summed E-state index contributed by atoms with van der Waals surface area (Å²) in [5.41, 5.74) is 4.11. The topological polar surface area (TPSA) is 59.9 Å². The summed E-state index contributed by atoms with van der Waals surface area (Å²) in [7, 11) is 0. The number of fused-ring (bicyclic) bond motifs is 4.